The topological polar surface area (TPSA) is 84.9 Å². The second-order valence-corrected chi connectivity index (χ2v) is 7.95. The minimum Gasteiger partial charge on any atom is -0.468 e. The molecule has 0 bridgehead atoms. The van der Waals surface area contributed by atoms with E-state index in [4.69, 9.17) is 9.47 Å². The Kier molecular flexibility index (Phi) is 6.06. The number of methoxy groups -OCH3 is 1. The van der Waals surface area contributed by atoms with E-state index >= 15 is 0 Å². The number of esters is 1. The van der Waals surface area contributed by atoms with E-state index in [1.165, 1.54) is 12.1 Å². The van der Waals surface area contributed by atoms with Crippen molar-refractivity contribution in [1.82, 2.24) is 10.4 Å². The van der Waals surface area contributed by atoms with Crippen LogP contribution in [0.1, 0.15) is 31.7 Å². The Morgan fingerprint density at radius 3 is 2.70 bits per heavy atom. The van der Waals surface area contributed by atoms with Crippen molar-refractivity contribution in [2.75, 3.05) is 12.9 Å². The van der Waals surface area contributed by atoms with Gasteiger partial charge in [-0.2, -0.15) is 0 Å². The maximum atomic E-state index is 12.8. The predicted octanol–water partition coefficient (Wildman–Crippen LogP) is 2.50. The Morgan fingerprint density at radius 1 is 1.30 bits per heavy atom. The fourth-order valence-corrected chi connectivity index (χ4v) is 4.71. The highest BCUT2D eigenvalue weighted by atomic mass is 32.2. The molecule has 7 nitrogen and oxygen atoms in total. The minimum absolute atomic E-state index is 0.0928. The van der Waals surface area contributed by atoms with Crippen molar-refractivity contribution in [2.45, 2.75) is 44.4 Å². The minimum atomic E-state index is -1.05. The molecule has 1 heterocycles. The van der Waals surface area contributed by atoms with Crippen LogP contribution in [-0.4, -0.2) is 46.6 Å². The summed E-state index contributed by atoms with van der Waals surface area (Å²) < 4.78 is 10.4. The summed E-state index contributed by atoms with van der Waals surface area (Å²) in [6.07, 6.45) is 1.32. The zero-order chi connectivity index (χ0) is 19.4. The average molecular weight is 392 g/mol. The number of nitrogens with one attached hydrogen (secondary N) is 1. The molecule has 0 aromatic heterocycles. The van der Waals surface area contributed by atoms with E-state index in [0.29, 0.717) is 18.6 Å². The van der Waals surface area contributed by atoms with Gasteiger partial charge in [0.15, 0.2) is 0 Å². The second kappa shape index (κ2) is 8.31. The van der Waals surface area contributed by atoms with E-state index in [0.717, 1.165) is 23.7 Å². The fourth-order valence-electron chi connectivity index (χ4n) is 3.99. The van der Waals surface area contributed by atoms with Gasteiger partial charge in [-0.1, -0.05) is 55.4 Å². The van der Waals surface area contributed by atoms with E-state index in [9.17, 15) is 14.4 Å². The van der Waals surface area contributed by atoms with Gasteiger partial charge in [-0.25, -0.2) is 20.0 Å². The molecule has 8 heteroatoms. The molecule has 1 aromatic carbocycles. The predicted molar refractivity (Wildman–Crippen MR) is 101 cm³/mol. The van der Waals surface area contributed by atoms with Crippen LogP contribution >= 0.6 is 11.8 Å². The third-order valence-corrected chi connectivity index (χ3v) is 5.99. The number of carbonyl (C=O) groups is 3. The molecule has 1 saturated heterocycles. The van der Waals surface area contributed by atoms with Gasteiger partial charge in [-0.3, -0.25) is 4.79 Å². The van der Waals surface area contributed by atoms with Crippen molar-refractivity contribution >= 4 is 28.9 Å². The molecule has 1 N–H and O–H groups in total. The number of hydrogen-bond acceptors (Lipinski definition) is 7. The molecule has 27 heavy (non-hydrogen) atoms. The lowest BCUT2D eigenvalue weighted by molar-refractivity contribution is -0.149. The quantitative estimate of drug-likeness (QED) is 0.771. The highest BCUT2D eigenvalue weighted by molar-refractivity contribution is 8.13. The van der Waals surface area contributed by atoms with Gasteiger partial charge in [0.2, 0.25) is 5.12 Å². The van der Waals surface area contributed by atoms with Gasteiger partial charge in [0.25, 0.3) is 0 Å². The zero-order valence-electron chi connectivity index (χ0n) is 15.5. The number of rotatable bonds is 5. The van der Waals surface area contributed by atoms with Gasteiger partial charge in [0.05, 0.1) is 7.11 Å². The third-order valence-electron chi connectivity index (χ3n) is 5.18. The summed E-state index contributed by atoms with van der Waals surface area (Å²) in [5.41, 5.74) is 2.79. The molecule has 1 saturated carbocycles. The van der Waals surface area contributed by atoms with Gasteiger partial charge < -0.3 is 9.47 Å². The molecule has 1 amide bonds. The van der Waals surface area contributed by atoms with Crippen LogP contribution in [0, 0.1) is 5.92 Å². The van der Waals surface area contributed by atoms with E-state index in [-0.39, 0.29) is 17.6 Å². The summed E-state index contributed by atoms with van der Waals surface area (Å²) >= 11 is 1.15. The third kappa shape index (κ3) is 3.68. The van der Waals surface area contributed by atoms with E-state index in [1.807, 2.05) is 37.3 Å². The molecule has 1 aliphatic heterocycles. The van der Waals surface area contributed by atoms with E-state index in [2.05, 4.69) is 5.43 Å². The Labute approximate surface area is 162 Å². The van der Waals surface area contributed by atoms with Crippen LogP contribution in [0.5, 0.6) is 0 Å². The number of benzene rings is 1. The Morgan fingerprint density at radius 2 is 2.04 bits per heavy atom. The number of hydrazine groups is 1. The summed E-state index contributed by atoms with van der Waals surface area (Å²) in [5.74, 6) is -0.163. The van der Waals surface area contributed by atoms with Gasteiger partial charge in [-0.05, 0) is 24.2 Å². The molecule has 3 atom stereocenters. The summed E-state index contributed by atoms with van der Waals surface area (Å²) in [4.78, 5) is 38.0. The molecule has 2 aliphatic rings. The van der Waals surface area contributed by atoms with Crippen molar-refractivity contribution < 1.29 is 23.9 Å². The number of thioether (sulfide) groups is 1. The van der Waals surface area contributed by atoms with Gasteiger partial charge >= 0.3 is 12.1 Å². The molecule has 0 unspecified atom stereocenters. The summed E-state index contributed by atoms with van der Waals surface area (Å²) in [6.45, 7) is 1.97. The molecular formula is C19H24N2O5S. The fraction of sp³-hybridized carbons (Fsp3) is 0.526. The van der Waals surface area contributed by atoms with Crippen LogP contribution in [0.4, 0.5) is 4.79 Å². The standard InChI is InChI=1S/C19H24N2O5S/c1-3-27-16(22)15-14-10-7-11-19(14,17(23)25-2)20-21(15)18(24)26-12-13-8-5-4-6-9-13/h4-6,8-9,14-15,20H,3,7,10-12H2,1-2H3/t14-,15+,19-/m1/s1. The molecular weight excluding hydrogens is 368 g/mol. The normalized spacial score (nSPS) is 26.5. The van der Waals surface area contributed by atoms with E-state index < -0.39 is 23.6 Å². The maximum Gasteiger partial charge on any atom is 0.425 e. The lowest BCUT2D eigenvalue weighted by atomic mass is 9.85. The highest BCUT2D eigenvalue weighted by Gasteiger charge is 2.63. The highest BCUT2D eigenvalue weighted by Crippen LogP contribution is 2.46. The molecule has 1 aliphatic carbocycles. The van der Waals surface area contributed by atoms with Crippen molar-refractivity contribution in [3.63, 3.8) is 0 Å². The molecule has 0 spiro atoms. The summed E-state index contributed by atoms with van der Waals surface area (Å²) in [7, 11) is 1.32. The molecule has 146 valence electrons. The monoisotopic (exact) mass is 392 g/mol. The lowest BCUT2D eigenvalue weighted by Crippen LogP contribution is -2.54. The molecule has 2 fully saturated rings. The smallest absolute Gasteiger partial charge is 0.425 e. The van der Waals surface area contributed by atoms with Crippen molar-refractivity contribution in [1.29, 1.82) is 0 Å². The van der Waals surface area contributed by atoms with Crippen LogP contribution in [-0.2, 0) is 25.7 Å². The summed E-state index contributed by atoms with van der Waals surface area (Å²) in [6, 6.07) is 8.55. The Balaban J connectivity index is 1.82. The van der Waals surface area contributed by atoms with Crippen LogP contribution in [0.25, 0.3) is 0 Å². The van der Waals surface area contributed by atoms with Crippen LogP contribution in [0.3, 0.4) is 0 Å². The Hall–Kier alpha value is -2.06. The van der Waals surface area contributed by atoms with Gasteiger partial charge in [-0.15, -0.1) is 0 Å². The first-order valence-corrected chi connectivity index (χ1v) is 10.0. The molecule has 1 aromatic rings. The number of carbonyl (C=O) groups excluding carboxylic acids is 3. The number of ether oxygens (including phenoxy) is 2. The van der Waals surface area contributed by atoms with Gasteiger partial charge in [0.1, 0.15) is 18.2 Å². The maximum absolute atomic E-state index is 12.8. The largest absolute Gasteiger partial charge is 0.468 e. The van der Waals surface area contributed by atoms with Crippen LogP contribution in [0.15, 0.2) is 30.3 Å². The van der Waals surface area contributed by atoms with Crippen molar-refractivity contribution in [3.05, 3.63) is 35.9 Å². The Bertz CT molecular complexity index is 713. The van der Waals surface area contributed by atoms with E-state index in [1.54, 1.807) is 0 Å². The second-order valence-electron chi connectivity index (χ2n) is 6.68. The lowest BCUT2D eigenvalue weighted by Gasteiger charge is -2.26. The van der Waals surface area contributed by atoms with Crippen LogP contribution in [0.2, 0.25) is 0 Å². The van der Waals surface area contributed by atoms with Gasteiger partial charge in [0, 0.05) is 5.92 Å². The molecule has 3 rings (SSSR count). The average Bonchev–Trinajstić information content (AvgIpc) is 3.23. The number of fused-ring (bicyclic) bond motifs is 1. The van der Waals surface area contributed by atoms with Crippen LogP contribution < -0.4 is 5.43 Å². The van der Waals surface area contributed by atoms with Crippen molar-refractivity contribution in [2.24, 2.45) is 5.92 Å². The SMILES string of the molecule is CCSC(=O)[C@@H]1[C@H]2CCC[C@@]2(C(=O)OC)NN1C(=O)OCc1ccccc1. The summed E-state index contributed by atoms with van der Waals surface area (Å²) in [5, 5.41) is 1.06. The number of hydrogen-bond donors (Lipinski definition) is 1. The molecule has 0 radical (unpaired) electrons. The van der Waals surface area contributed by atoms with Crippen molar-refractivity contribution in [3.8, 4) is 0 Å². The number of amides is 1. The first-order valence-electron chi connectivity index (χ1n) is 9.06. The number of nitrogens with zero attached hydrogens (tertiary/aromatic N) is 1. The zero-order valence-corrected chi connectivity index (χ0v) is 16.3. The first-order chi connectivity index (χ1) is 13.0. The first kappa shape index (κ1) is 19.7.